The molecule has 0 bridgehead atoms. The Morgan fingerprint density at radius 3 is 2.71 bits per heavy atom. The molecule has 0 aliphatic carbocycles. The third-order valence-electron chi connectivity index (χ3n) is 3.78. The second-order valence-electron chi connectivity index (χ2n) is 7.33. The lowest BCUT2D eigenvalue weighted by Crippen LogP contribution is -2.45. The minimum atomic E-state index is -0.519. The van der Waals surface area contributed by atoms with Gasteiger partial charge in [-0.2, -0.15) is 0 Å². The molecule has 1 aliphatic heterocycles. The van der Waals surface area contributed by atoms with E-state index in [9.17, 15) is 14.7 Å². The van der Waals surface area contributed by atoms with Gasteiger partial charge in [-0.25, -0.2) is 4.79 Å². The van der Waals surface area contributed by atoms with Crippen LogP contribution in [0.25, 0.3) is 0 Å². The summed E-state index contributed by atoms with van der Waals surface area (Å²) in [6.45, 7) is 7.43. The lowest BCUT2D eigenvalue weighted by atomic mass is 10.1. The van der Waals surface area contributed by atoms with Crippen molar-refractivity contribution in [2.45, 2.75) is 77.0 Å². The van der Waals surface area contributed by atoms with Gasteiger partial charge >= 0.3 is 6.09 Å². The third kappa shape index (κ3) is 9.72. The molecule has 1 rings (SSSR count). The second-order valence-corrected chi connectivity index (χ2v) is 7.33. The van der Waals surface area contributed by atoms with Crippen LogP contribution in [0.4, 0.5) is 4.79 Å². The normalized spacial score (nSPS) is 21.7. The minimum absolute atomic E-state index is 0.0129. The van der Waals surface area contributed by atoms with Crippen molar-refractivity contribution in [3.05, 3.63) is 0 Å². The molecule has 2 atom stereocenters. The molecule has 7 heteroatoms. The number of aliphatic hydroxyl groups excluding tert-OH is 1. The first-order valence-corrected chi connectivity index (χ1v) is 8.93. The molecule has 0 aromatic rings. The molecule has 1 aliphatic rings. The van der Waals surface area contributed by atoms with Gasteiger partial charge in [-0.05, 0) is 53.0 Å². The number of amides is 2. The first kappa shape index (κ1) is 20.7. The van der Waals surface area contributed by atoms with Gasteiger partial charge in [0.1, 0.15) is 5.60 Å². The summed E-state index contributed by atoms with van der Waals surface area (Å²) in [6, 6.07) is -0.152. The van der Waals surface area contributed by atoms with Gasteiger partial charge in [0.2, 0.25) is 5.91 Å². The number of rotatable bonds is 7. The Labute approximate surface area is 144 Å². The molecular formula is C17H33N3O4. The third-order valence-corrected chi connectivity index (χ3v) is 3.78. The molecule has 1 saturated heterocycles. The van der Waals surface area contributed by atoms with Crippen molar-refractivity contribution in [3.63, 3.8) is 0 Å². The molecule has 140 valence electrons. The Hall–Kier alpha value is -1.34. The largest absolute Gasteiger partial charge is 0.444 e. The average molecular weight is 343 g/mol. The maximum absolute atomic E-state index is 11.9. The Balaban J connectivity index is 2.06. The van der Waals surface area contributed by atoms with Gasteiger partial charge in [-0.3, -0.25) is 4.79 Å². The van der Waals surface area contributed by atoms with Crippen LogP contribution in [0.2, 0.25) is 0 Å². The highest BCUT2D eigenvalue weighted by Crippen LogP contribution is 2.08. The van der Waals surface area contributed by atoms with Crippen LogP contribution in [0.15, 0.2) is 0 Å². The van der Waals surface area contributed by atoms with Crippen LogP contribution in [0.3, 0.4) is 0 Å². The Kier molecular flexibility index (Phi) is 9.07. The van der Waals surface area contributed by atoms with Crippen molar-refractivity contribution in [3.8, 4) is 0 Å². The first-order valence-electron chi connectivity index (χ1n) is 8.93. The van der Waals surface area contributed by atoms with Gasteiger partial charge in [0.15, 0.2) is 0 Å². The monoisotopic (exact) mass is 343 g/mol. The van der Waals surface area contributed by atoms with Gasteiger partial charge in [-0.15, -0.1) is 0 Å². The number of aliphatic hydroxyl groups is 1. The number of carbonyl (C=O) groups excluding carboxylic acids is 2. The van der Waals surface area contributed by atoms with E-state index in [4.69, 9.17) is 4.74 Å². The second kappa shape index (κ2) is 10.5. The highest BCUT2D eigenvalue weighted by atomic mass is 16.6. The standard InChI is InChI=1S/C17H33N3O4/c1-17(2,3)24-16(23)19-11-6-4-5-9-15(22)20-13-8-7-10-18-12-14(13)21/h13-14,18,21H,4-12H2,1-3H3,(H,19,23)(H,20,22). The van der Waals surface area contributed by atoms with Crippen molar-refractivity contribution in [2.24, 2.45) is 0 Å². The molecule has 0 radical (unpaired) electrons. The van der Waals surface area contributed by atoms with Crippen molar-refractivity contribution in [1.82, 2.24) is 16.0 Å². The molecule has 0 aromatic carbocycles. The number of unbranched alkanes of at least 4 members (excludes halogenated alkanes) is 2. The Morgan fingerprint density at radius 2 is 2.00 bits per heavy atom. The van der Waals surface area contributed by atoms with Crippen LogP contribution >= 0.6 is 0 Å². The maximum Gasteiger partial charge on any atom is 0.407 e. The van der Waals surface area contributed by atoms with E-state index in [2.05, 4.69) is 16.0 Å². The summed E-state index contributed by atoms with van der Waals surface area (Å²) in [5.74, 6) is -0.0129. The van der Waals surface area contributed by atoms with Crippen LogP contribution in [-0.4, -0.2) is 54.5 Å². The highest BCUT2D eigenvalue weighted by Gasteiger charge is 2.22. The van der Waals surface area contributed by atoms with E-state index in [-0.39, 0.29) is 11.9 Å². The van der Waals surface area contributed by atoms with Gasteiger partial charge in [0, 0.05) is 19.5 Å². The summed E-state index contributed by atoms with van der Waals surface area (Å²) < 4.78 is 5.14. The van der Waals surface area contributed by atoms with Crippen LogP contribution in [0.1, 0.15) is 59.3 Å². The lowest BCUT2D eigenvalue weighted by molar-refractivity contribution is -0.122. The lowest BCUT2D eigenvalue weighted by Gasteiger charge is -2.21. The van der Waals surface area contributed by atoms with Crippen molar-refractivity contribution < 1.29 is 19.4 Å². The summed E-state index contributed by atoms with van der Waals surface area (Å²) in [5.41, 5.74) is -0.486. The summed E-state index contributed by atoms with van der Waals surface area (Å²) >= 11 is 0. The fraction of sp³-hybridized carbons (Fsp3) is 0.882. The first-order chi connectivity index (χ1) is 11.3. The van der Waals surface area contributed by atoms with E-state index in [1.807, 2.05) is 20.8 Å². The topological polar surface area (TPSA) is 99.7 Å². The zero-order valence-corrected chi connectivity index (χ0v) is 15.2. The van der Waals surface area contributed by atoms with Gasteiger partial charge in [-0.1, -0.05) is 6.42 Å². The van der Waals surface area contributed by atoms with Gasteiger partial charge in [0.25, 0.3) is 0 Å². The summed E-state index contributed by atoms with van der Waals surface area (Å²) in [4.78, 5) is 23.4. The SMILES string of the molecule is CC(C)(C)OC(=O)NCCCCCC(=O)NC1CCCNCC1O. The zero-order chi connectivity index (χ0) is 18.0. The fourth-order valence-electron chi connectivity index (χ4n) is 2.57. The molecule has 1 heterocycles. The molecule has 24 heavy (non-hydrogen) atoms. The molecule has 0 saturated carbocycles. The predicted octanol–water partition coefficient (Wildman–Crippen LogP) is 1.30. The molecule has 0 spiro atoms. The van der Waals surface area contributed by atoms with Crippen molar-refractivity contribution >= 4 is 12.0 Å². The highest BCUT2D eigenvalue weighted by molar-refractivity contribution is 5.76. The van der Waals surface area contributed by atoms with Gasteiger partial charge < -0.3 is 25.8 Å². The predicted molar refractivity (Wildman–Crippen MR) is 92.7 cm³/mol. The van der Waals surface area contributed by atoms with Crippen LogP contribution < -0.4 is 16.0 Å². The Bertz CT molecular complexity index is 396. The van der Waals surface area contributed by atoms with E-state index in [1.165, 1.54) is 0 Å². The number of hydrogen-bond donors (Lipinski definition) is 4. The molecular weight excluding hydrogens is 310 g/mol. The number of hydrogen-bond acceptors (Lipinski definition) is 5. The van der Waals surface area contributed by atoms with Crippen molar-refractivity contribution in [2.75, 3.05) is 19.6 Å². The Morgan fingerprint density at radius 1 is 1.25 bits per heavy atom. The molecule has 2 unspecified atom stereocenters. The molecule has 7 nitrogen and oxygen atoms in total. The smallest absolute Gasteiger partial charge is 0.407 e. The number of nitrogens with one attached hydrogen (secondary N) is 3. The maximum atomic E-state index is 11.9. The van der Waals surface area contributed by atoms with Crippen molar-refractivity contribution in [1.29, 1.82) is 0 Å². The van der Waals surface area contributed by atoms with Gasteiger partial charge in [0.05, 0.1) is 12.1 Å². The fourth-order valence-corrected chi connectivity index (χ4v) is 2.57. The zero-order valence-electron chi connectivity index (χ0n) is 15.2. The van der Waals surface area contributed by atoms with Crippen LogP contribution in [-0.2, 0) is 9.53 Å². The average Bonchev–Trinajstić information content (AvgIpc) is 2.66. The van der Waals surface area contributed by atoms with E-state index in [0.717, 1.165) is 38.6 Å². The number of β-amino-alcohol motifs (C(OH)–C–C–N with tert-alkyl or cyclic N) is 1. The molecule has 4 N–H and O–H groups in total. The van der Waals surface area contributed by atoms with E-state index in [0.29, 0.717) is 19.5 Å². The number of carbonyl (C=O) groups is 2. The summed E-state index contributed by atoms with van der Waals surface area (Å²) in [6.07, 6.45) is 3.72. The molecule has 0 aromatic heterocycles. The van der Waals surface area contributed by atoms with Crippen LogP contribution in [0.5, 0.6) is 0 Å². The van der Waals surface area contributed by atoms with E-state index in [1.54, 1.807) is 0 Å². The van der Waals surface area contributed by atoms with Crippen LogP contribution in [0, 0.1) is 0 Å². The molecule has 2 amide bonds. The van der Waals surface area contributed by atoms with E-state index < -0.39 is 17.8 Å². The van der Waals surface area contributed by atoms with E-state index >= 15 is 0 Å². The summed E-state index contributed by atoms with van der Waals surface area (Å²) in [5, 5.41) is 18.7. The number of alkyl carbamates (subject to hydrolysis) is 1. The minimum Gasteiger partial charge on any atom is -0.444 e. The molecule has 1 fully saturated rings. The number of ether oxygens (including phenoxy) is 1. The quantitative estimate of drug-likeness (QED) is 0.522. The summed E-state index contributed by atoms with van der Waals surface area (Å²) in [7, 11) is 0.